The summed E-state index contributed by atoms with van der Waals surface area (Å²) in [7, 11) is 0. The summed E-state index contributed by atoms with van der Waals surface area (Å²) < 4.78 is 13.8. The number of nitrogens with zero attached hydrogens (tertiary/aromatic N) is 1. The molecule has 140 valence electrons. The number of amides is 4. The zero-order valence-electron chi connectivity index (χ0n) is 15.1. The van der Waals surface area contributed by atoms with Gasteiger partial charge in [0.2, 0.25) is 5.91 Å². The number of benzene rings is 2. The number of halogens is 1. The molecule has 3 rings (SSSR count). The normalized spacial score (nSPS) is 19.1. The summed E-state index contributed by atoms with van der Waals surface area (Å²) >= 11 is 0. The SMILES string of the molecule is CCC1(c2ccccc2)NC(=O)N(CC(=O)Nc2cc(C)ccc2F)C1=O. The second-order valence-electron chi connectivity index (χ2n) is 6.48. The number of carbonyl (C=O) groups is 3. The number of imide groups is 1. The van der Waals surface area contributed by atoms with Crippen molar-refractivity contribution in [3.05, 3.63) is 65.5 Å². The Morgan fingerprint density at radius 2 is 1.89 bits per heavy atom. The summed E-state index contributed by atoms with van der Waals surface area (Å²) in [6.45, 7) is 3.06. The maximum absolute atomic E-state index is 13.8. The third-order valence-electron chi connectivity index (χ3n) is 4.67. The van der Waals surface area contributed by atoms with Crippen LogP contribution >= 0.6 is 0 Å². The third kappa shape index (κ3) is 3.40. The maximum Gasteiger partial charge on any atom is 0.325 e. The molecule has 1 heterocycles. The van der Waals surface area contributed by atoms with Gasteiger partial charge in [-0.15, -0.1) is 0 Å². The van der Waals surface area contributed by atoms with Crippen LogP contribution in [-0.2, 0) is 15.1 Å². The summed E-state index contributed by atoms with van der Waals surface area (Å²) in [6, 6.07) is 12.6. The van der Waals surface area contributed by atoms with Crippen molar-refractivity contribution in [3.63, 3.8) is 0 Å². The van der Waals surface area contributed by atoms with Gasteiger partial charge in [-0.1, -0.05) is 43.3 Å². The molecule has 7 heteroatoms. The van der Waals surface area contributed by atoms with Crippen molar-refractivity contribution in [2.24, 2.45) is 0 Å². The van der Waals surface area contributed by atoms with Gasteiger partial charge in [0.05, 0.1) is 5.69 Å². The van der Waals surface area contributed by atoms with Gasteiger partial charge in [0.15, 0.2) is 0 Å². The van der Waals surface area contributed by atoms with Crippen molar-refractivity contribution in [2.45, 2.75) is 25.8 Å². The summed E-state index contributed by atoms with van der Waals surface area (Å²) in [5.41, 5.74) is 0.235. The van der Waals surface area contributed by atoms with Gasteiger partial charge in [-0.3, -0.25) is 14.5 Å². The molecule has 2 N–H and O–H groups in total. The molecule has 0 bridgehead atoms. The van der Waals surface area contributed by atoms with E-state index in [2.05, 4.69) is 10.6 Å². The molecule has 1 unspecified atom stereocenters. The van der Waals surface area contributed by atoms with Crippen molar-refractivity contribution < 1.29 is 18.8 Å². The molecule has 6 nitrogen and oxygen atoms in total. The van der Waals surface area contributed by atoms with E-state index >= 15 is 0 Å². The fourth-order valence-electron chi connectivity index (χ4n) is 3.20. The molecule has 0 aliphatic carbocycles. The van der Waals surface area contributed by atoms with Gasteiger partial charge in [0.25, 0.3) is 5.91 Å². The van der Waals surface area contributed by atoms with Gasteiger partial charge >= 0.3 is 6.03 Å². The Hall–Kier alpha value is -3.22. The topological polar surface area (TPSA) is 78.5 Å². The van der Waals surface area contributed by atoms with Crippen molar-refractivity contribution in [1.82, 2.24) is 10.2 Å². The number of urea groups is 1. The maximum atomic E-state index is 13.8. The number of anilines is 1. The molecule has 1 atom stereocenters. The van der Waals surface area contributed by atoms with Crippen molar-refractivity contribution in [1.29, 1.82) is 0 Å². The van der Waals surface area contributed by atoms with Crippen LogP contribution in [0.25, 0.3) is 0 Å². The predicted molar refractivity (Wildman–Crippen MR) is 98.4 cm³/mol. The van der Waals surface area contributed by atoms with Crippen molar-refractivity contribution in [3.8, 4) is 0 Å². The first-order chi connectivity index (χ1) is 12.9. The van der Waals surface area contributed by atoms with E-state index in [1.165, 1.54) is 12.1 Å². The average molecular weight is 369 g/mol. The Bertz CT molecular complexity index is 901. The van der Waals surface area contributed by atoms with Crippen LogP contribution in [0.4, 0.5) is 14.9 Å². The minimum Gasteiger partial charge on any atom is -0.322 e. The van der Waals surface area contributed by atoms with Crippen LogP contribution in [0.5, 0.6) is 0 Å². The number of carbonyl (C=O) groups excluding carboxylic acids is 3. The highest BCUT2D eigenvalue weighted by atomic mass is 19.1. The predicted octanol–water partition coefficient (Wildman–Crippen LogP) is 2.93. The lowest BCUT2D eigenvalue weighted by Crippen LogP contribution is -2.44. The van der Waals surface area contributed by atoms with Crippen LogP contribution in [0, 0.1) is 12.7 Å². The minimum atomic E-state index is -1.20. The number of rotatable bonds is 5. The molecule has 1 aliphatic rings. The second kappa shape index (κ2) is 7.19. The van der Waals surface area contributed by atoms with Crippen molar-refractivity contribution in [2.75, 3.05) is 11.9 Å². The van der Waals surface area contributed by atoms with Crippen LogP contribution in [0.1, 0.15) is 24.5 Å². The molecule has 27 heavy (non-hydrogen) atoms. The Morgan fingerprint density at radius 3 is 2.56 bits per heavy atom. The first-order valence-electron chi connectivity index (χ1n) is 8.63. The lowest BCUT2D eigenvalue weighted by atomic mass is 9.87. The molecule has 1 saturated heterocycles. The van der Waals surface area contributed by atoms with E-state index in [-0.39, 0.29) is 5.69 Å². The van der Waals surface area contributed by atoms with Gasteiger partial charge < -0.3 is 10.6 Å². The molecular formula is C20H20FN3O3. The standard InChI is InChI=1S/C20H20FN3O3/c1-3-20(14-7-5-4-6-8-14)18(26)24(19(27)23-20)12-17(25)22-16-11-13(2)9-10-15(16)21/h4-11H,3,12H2,1-2H3,(H,22,25)(H,23,27). The van der Waals surface area contributed by atoms with Gasteiger partial charge in [0.1, 0.15) is 17.9 Å². The number of aryl methyl sites for hydroxylation is 1. The first kappa shape index (κ1) is 18.6. The second-order valence-corrected chi connectivity index (χ2v) is 6.48. The average Bonchev–Trinajstić information content (AvgIpc) is 2.90. The van der Waals surface area contributed by atoms with Crippen LogP contribution in [0.2, 0.25) is 0 Å². The molecule has 0 spiro atoms. The van der Waals surface area contributed by atoms with Gasteiger partial charge in [-0.05, 0) is 36.6 Å². The first-order valence-corrected chi connectivity index (χ1v) is 8.63. The molecule has 2 aromatic rings. The Kier molecular flexibility index (Phi) is 4.94. The summed E-state index contributed by atoms with van der Waals surface area (Å²) in [5, 5.41) is 5.12. The number of hydrogen-bond acceptors (Lipinski definition) is 3. The fourth-order valence-corrected chi connectivity index (χ4v) is 3.20. The van der Waals surface area contributed by atoms with Crippen LogP contribution in [-0.4, -0.2) is 29.3 Å². The van der Waals surface area contributed by atoms with E-state index in [0.29, 0.717) is 12.0 Å². The van der Waals surface area contributed by atoms with E-state index in [1.54, 1.807) is 44.2 Å². The van der Waals surface area contributed by atoms with Crippen LogP contribution in [0.15, 0.2) is 48.5 Å². The van der Waals surface area contributed by atoms with E-state index < -0.39 is 35.7 Å². The zero-order valence-corrected chi connectivity index (χ0v) is 15.1. The highest BCUT2D eigenvalue weighted by molar-refractivity contribution is 6.10. The Balaban J connectivity index is 1.79. The van der Waals surface area contributed by atoms with E-state index in [9.17, 15) is 18.8 Å². The van der Waals surface area contributed by atoms with E-state index in [1.807, 2.05) is 6.07 Å². The highest BCUT2D eigenvalue weighted by Gasteiger charge is 2.51. The largest absolute Gasteiger partial charge is 0.325 e. The lowest BCUT2D eigenvalue weighted by Gasteiger charge is -2.25. The zero-order chi connectivity index (χ0) is 19.6. The van der Waals surface area contributed by atoms with E-state index in [4.69, 9.17) is 0 Å². The molecular weight excluding hydrogens is 349 g/mol. The molecule has 1 aliphatic heterocycles. The molecule has 0 radical (unpaired) electrons. The number of hydrogen-bond donors (Lipinski definition) is 2. The van der Waals surface area contributed by atoms with Gasteiger partial charge in [0, 0.05) is 0 Å². The summed E-state index contributed by atoms with van der Waals surface area (Å²) in [6.07, 6.45) is 0.339. The van der Waals surface area contributed by atoms with Crippen LogP contribution < -0.4 is 10.6 Å². The third-order valence-corrected chi connectivity index (χ3v) is 4.67. The van der Waals surface area contributed by atoms with Gasteiger partial charge in [-0.25, -0.2) is 9.18 Å². The summed E-state index contributed by atoms with van der Waals surface area (Å²) in [5.74, 6) is -1.73. The molecule has 1 fully saturated rings. The Morgan fingerprint density at radius 1 is 1.19 bits per heavy atom. The highest BCUT2D eigenvalue weighted by Crippen LogP contribution is 2.32. The smallest absolute Gasteiger partial charge is 0.322 e. The molecule has 0 saturated carbocycles. The lowest BCUT2D eigenvalue weighted by molar-refractivity contribution is -0.134. The quantitative estimate of drug-likeness (QED) is 0.796. The fraction of sp³-hybridized carbons (Fsp3) is 0.250. The summed E-state index contributed by atoms with van der Waals surface area (Å²) in [4.78, 5) is 38.5. The van der Waals surface area contributed by atoms with Gasteiger partial charge in [-0.2, -0.15) is 0 Å². The number of nitrogens with one attached hydrogen (secondary N) is 2. The minimum absolute atomic E-state index is 0.0110. The molecule has 0 aromatic heterocycles. The monoisotopic (exact) mass is 369 g/mol. The van der Waals surface area contributed by atoms with E-state index in [0.717, 1.165) is 10.5 Å². The van der Waals surface area contributed by atoms with Crippen molar-refractivity contribution >= 4 is 23.5 Å². The Labute approximate surface area is 156 Å². The molecule has 4 amide bonds. The van der Waals surface area contributed by atoms with Crippen LogP contribution in [0.3, 0.4) is 0 Å². The molecule has 2 aromatic carbocycles.